The first-order chi connectivity index (χ1) is 10.4. The lowest BCUT2D eigenvalue weighted by atomic mass is 9.79. The van der Waals surface area contributed by atoms with Crippen molar-refractivity contribution in [2.24, 2.45) is 0 Å². The van der Waals surface area contributed by atoms with Crippen LogP contribution in [0.1, 0.15) is 18.9 Å². The third-order valence-electron chi connectivity index (χ3n) is 3.55. The lowest BCUT2D eigenvalue weighted by Gasteiger charge is -2.24. The second-order valence-electron chi connectivity index (χ2n) is 5.21. The van der Waals surface area contributed by atoms with E-state index in [2.05, 4.69) is 5.32 Å². The highest BCUT2D eigenvalue weighted by Crippen LogP contribution is 2.29. The average molecular weight is 318 g/mol. The molecule has 5 heteroatoms. The number of para-hydroxylation sites is 1. The van der Waals surface area contributed by atoms with Crippen LogP contribution in [0.5, 0.6) is 0 Å². The van der Waals surface area contributed by atoms with E-state index in [1.54, 1.807) is 54.6 Å². The van der Waals surface area contributed by atoms with Gasteiger partial charge in [0.05, 0.1) is 16.1 Å². The Morgan fingerprint density at radius 2 is 1.68 bits per heavy atom. The van der Waals surface area contributed by atoms with Gasteiger partial charge in [-0.2, -0.15) is 0 Å². The molecule has 0 radical (unpaired) electrons. The highest BCUT2D eigenvalue weighted by atomic mass is 35.5. The van der Waals surface area contributed by atoms with Crippen molar-refractivity contribution < 1.29 is 14.7 Å². The maximum Gasteiger partial charge on any atom is 0.314 e. The first kappa shape index (κ1) is 16.0. The molecule has 0 aliphatic rings. The second-order valence-corrected chi connectivity index (χ2v) is 5.62. The Bertz CT molecular complexity index is 687. The Hall–Kier alpha value is -2.33. The van der Waals surface area contributed by atoms with Crippen LogP contribution < -0.4 is 5.32 Å². The van der Waals surface area contributed by atoms with E-state index < -0.39 is 17.3 Å². The third-order valence-corrected chi connectivity index (χ3v) is 3.87. The maximum atomic E-state index is 12.2. The summed E-state index contributed by atoms with van der Waals surface area (Å²) >= 11 is 5.99. The molecule has 2 rings (SSSR count). The summed E-state index contributed by atoms with van der Waals surface area (Å²) in [6.07, 6.45) is -0.183. The zero-order chi connectivity index (χ0) is 16.2. The number of hydrogen-bond acceptors (Lipinski definition) is 2. The van der Waals surface area contributed by atoms with Gasteiger partial charge in [-0.3, -0.25) is 9.59 Å². The van der Waals surface area contributed by atoms with Crippen molar-refractivity contribution in [2.45, 2.75) is 18.8 Å². The molecule has 0 fully saturated rings. The van der Waals surface area contributed by atoms with Gasteiger partial charge in [0.1, 0.15) is 0 Å². The quantitative estimate of drug-likeness (QED) is 0.883. The molecule has 1 amide bonds. The van der Waals surface area contributed by atoms with Crippen molar-refractivity contribution in [3.05, 3.63) is 65.2 Å². The Morgan fingerprint density at radius 1 is 1.09 bits per heavy atom. The van der Waals surface area contributed by atoms with Crippen molar-refractivity contribution in [1.29, 1.82) is 0 Å². The number of halogens is 1. The minimum absolute atomic E-state index is 0.183. The number of benzene rings is 2. The molecule has 2 aromatic rings. The number of carboxylic acids is 1. The highest BCUT2D eigenvalue weighted by Gasteiger charge is 2.37. The third kappa shape index (κ3) is 3.46. The summed E-state index contributed by atoms with van der Waals surface area (Å²) in [6, 6.07) is 15.5. The normalized spacial score (nSPS) is 13.2. The van der Waals surface area contributed by atoms with Crippen LogP contribution in [0.2, 0.25) is 5.02 Å². The lowest BCUT2D eigenvalue weighted by Crippen LogP contribution is -2.36. The molecule has 0 bridgehead atoms. The Kier molecular flexibility index (Phi) is 4.83. The molecule has 0 saturated carbocycles. The maximum absolute atomic E-state index is 12.2. The minimum atomic E-state index is -1.30. The Balaban J connectivity index is 2.20. The largest absolute Gasteiger partial charge is 0.481 e. The predicted octanol–water partition coefficient (Wildman–Crippen LogP) is 3.71. The van der Waals surface area contributed by atoms with Crippen molar-refractivity contribution in [3.63, 3.8) is 0 Å². The molecular weight excluding hydrogens is 302 g/mol. The van der Waals surface area contributed by atoms with Crippen LogP contribution in [0.3, 0.4) is 0 Å². The Labute approximate surface area is 133 Å². The minimum Gasteiger partial charge on any atom is -0.481 e. The summed E-state index contributed by atoms with van der Waals surface area (Å²) < 4.78 is 0. The summed E-state index contributed by atoms with van der Waals surface area (Å²) in [4.78, 5) is 23.9. The van der Waals surface area contributed by atoms with Gasteiger partial charge in [0, 0.05) is 6.42 Å². The average Bonchev–Trinajstić information content (AvgIpc) is 2.50. The molecular formula is C17H16ClNO3. The van der Waals surface area contributed by atoms with Crippen LogP contribution >= 0.6 is 11.6 Å². The van der Waals surface area contributed by atoms with E-state index in [9.17, 15) is 14.7 Å². The summed E-state index contributed by atoms with van der Waals surface area (Å²) in [6.45, 7) is 1.54. The van der Waals surface area contributed by atoms with Crippen LogP contribution in [-0.4, -0.2) is 17.0 Å². The summed E-state index contributed by atoms with van der Waals surface area (Å²) in [7, 11) is 0. The van der Waals surface area contributed by atoms with Crippen LogP contribution in [0.25, 0.3) is 0 Å². The number of amides is 1. The molecule has 22 heavy (non-hydrogen) atoms. The molecule has 0 heterocycles. The molecule has 2 N–H and O–H groups in total. The van der Waals surface area contributed by atoms with Gasteiger partial charge in [-0.1, -0.05) is 54.1 Å². The van der Waals surface area contributed by atoms with Crippen molar-refractivity contribution in [2.75, 3.05) is 5.32 Å². The van der Waals surface area contributed by atoms with E-state index in [1.165, 1.54) is 6.92 Å². The molecule has 0 aromatic heterocycles. The predicted molar refractivity (Wildman–Crippen MR) is 86.1 cm³/mol. The van der Waals surface area contributed by atoms with E-state index in [-0.39, 0.29) is 6.42 Å². The smallest absolute Gasteiger partial charge is 0.314 e. The van der Waals surface area contributed by atoms with E-state index in [4.69, 9.17) is 11.6 Å². The van der Waals surface area contributed by atoms with Gasteiger partial charge < -0.3 is 10.4 Å². The summed E-state index contributed by atoms with van der Waals surface area (Å²) in [5.74, 6) is -1.45. The topological polar surface area (TPSA) is 66.4 Å². The van der Waals surface area contributed by atoms with E-state index in [1.807, 2.05) is 0 Å². The standard InChI is InChI=1S/C17H16ClNO3/c1-17(16(21)22,12-7-3-2-4-8-12)11-15(20)19-14-10-6-5-9-13(14)18/h2-10H,11H2,1H3,(H,19,20)(H,21,22). The fourth-order valence-corrected chi connectivity index (χ4v) is 2.37. The highest BCUT2D eigenvalue weighted by molar-refractivity contribution is 6.33. The molecule has 2 aromatic carbocycles. The fourth-order valence-electron chi connectivity index (χ4n) is 2.19. The lowest BCUT2D eigenvalue weighted by molar-refractivity contribution is -0.145. The van der Waals surface area contributed by atoms with E-state index >= 15 is 0 Å². The number of carboxylic acid groups (broad SMARTS) is 1. The first-order valence-electron chi connectivity index (χ1n) is 6.77. The van der Waals surface area contributed by atoms with Gasteiger partial charge in [0.25, 0.3) is 0 Å². The molecule has 0 spiro atoms. The number of aliphatic carboxylic acids is 1. The number of carbonyl (C=O) groups is 2. The number of anilines is 1. The van der Waals surface area contributed by atoms with Crippen LogP contribution in [-0.2, 0) is 15.0 Å². The van der Waals surface area contributed by atoms with Gasteiger partial charge >= 0.3 is 5.97 Å². The number of nitrogens with one attached hydrogen (secondary N) is 1. The SMILES string of the molecule is CC(CC(=O)Nc1ccccc1Cl)(C(=O)O)c1ccccc1. The number of carbonyl (C=O) groups excluding carboxylic acids is 1. The molecule has 1 atom stereocenters. The molecule has 1 unspecified atom stereocenters. The number of rotatable bonds is 5. The first-order valence-corrected chi connectivity index (χ1v) is 7.14. The van der Waals surface area contributed by atoms with Crippen molar-refractivity contribution in [3.8, 4) is 0 Å². The van der Waals surface area contributed by atoms with Gasteiger partial charge in [-0.05, 0) is 24.6 Å². The van der Waals surface area contributed by atoms with Crippen LogP contribution in [0.4, 0.5) is 5.69 Å². The van der Waals surface area contributed by atoms with Gasteiger partial charge in [0.15, 0.2) is 0 Å². The fraction of sp³-hybridized carbons (Fsp3) is 0.176. The zero-order valence-electron chi connectivity index (χ0n) is 12.0. The van der Waals surface area contributed by atoms with E-state index in [0.29, 0.717) is 16.3 Å². The Morgan fingerprint density at radius 3 is 2.27 bits per heavy atom. The summed E-state index contributed by atoms with van der Waals surface area (Å²) in [5, 5.41) is 12.6. The summed E-state index contributed by atoms with van der Waals surface area (Å²) in [5.41, 5.74) is -0.251. The van der Waals surface area contributed by atoms with Gasteiger partial charge in [0.2, 0.25) is 5.91 Å². The van der Waals surface area contributed by atoms with Gasteiger partial charge in [-0.15, -0.1) is 0 Å². The van der Waals surface area contributed by atoms with Crippen molar-refractivity contribution in [1.82, 2.24) is 0 Å². The second kappa shape index (κ2) is 6.62. The molecule has 0 aliphatic heterocycles. The van der Waals surface area contributed by atoms with Crippen LogP contribution in [0, 0.1) is 0 Å². The number of hydrogen-bond donors (Lipinski definition) is 2. The molecule has 0 saturated heterocycles. The van der Waals surface area contributed by atoms with Crippen molar-refractivity contribution >= 4 is 29.2 Å². The molecule has 4 nitrogen and oxygen atoms in total. The zero-order valence-corrected chi connectivity index (χ0v) is 12.8. The monoisotopic (exact) mass is 317 g/mol. The van der Waals surface area contributed by atoms with E-state index in [0.717, 1.165) is 0 Å². The van der Waals surface area contributed by atoms with Crippen LogP contribution in [0.15, 0.2) is 54.6 Å². The van der Waals surface area contributed by atoms with Gasteiger partial charge in [-0.25, -0.2) is 0 Å². The molecule has 0 aliphatic carbocycles. The molecule has 114 valence electrons.